The number of carbonyl (C=O) groups is 1. The van der Waals surface area contributed by atoms with E-state index in [2.05, 4.69) is 15.3 Å². The molecule has 82 valence electrons. The summed E-state index contributed by atoms with van der Waals surface area (Å²) in [5.74, 6) is 0.103. The number of nitrogens with one attached hydrogen (secondary N) is 1. The minimum Gasteiger partial charge on any atom is -0.349 e. The van der Waals surface area contributed by atoms with Gasteiger partial charge in [0.25, 0.3) is 5.91 Å². The van der Waals surface area contributed by atoms with Gasteiger partial charge in [0.1, 0.15) is 5.69 Å². The summed E-state index contributed by atoms with van der Waals surface area (Å²) in [6.45, 7) is 4.48. The summed E-state index contributed by atoms with van der Waals surface area (Å²) >= 11 is 0. The highest BCUT2D eigenvalue weighted by Gasteiger charge is 2.11. The largest absolute Gasteiger partial charge is 0.349 e. The Kier molecular flexibility index (Phi) is 4.17. The molecule has 1 aromatic heterocycles. The highest BCUT2D eigenvalue weighted by atomic mass is 16.1. The maximum absolute atomic E-state index is 11.5. The van der Waals surface area contributed by atoms with Crippen LogP contribution in [0.25, 0.3) is 0 Å². The van der Waals surface area contributed by atoms with Gasteiger partial charge < -0.3 is 11.1 Å². The molecule has 1 rings (SSSR count). The Bertz CT molecular complexity index is 312. The Morgan fingerprint density at radius 2 is 2.27 bits per heavy atom. The van der Waals surface area contributed by atoms with E-state index in [1.165, 1.54) is 18.6 Å². The molecule has 1 amide bonds. The van der Waals surface area contributed by atoms with Crippen LogP contribution >= 0.6 is 0 Å². The fourth-order valence-electron chi connectivity index (χ4n) is 0.953. The molecule has 1 heterocycles. The van der Waals surface area contributed by atoms with Crippen LogP contribution in [0.15, 0.2) is 18.6 Å². The van der Waals surface area contributed by atoms with Crippen LogP contribution < -0.4 is 11.1 Å². The smallest absolute Gasteiger partial charge is 0.271 e. The first-order valence-electron chi connectivity index (χ1n) is 4.91. The van der Waals surface area contributed by atoms with Gasteiger partial charge in [-0.15, -0.1) is 0 Å². The lowest BCUT2D eigenvalue weighted by Gasteiger charge is -2.15. The molecule has 15 heavy (non-hydrogen) atoms. The Balaban J connectivity index is 2.44. The highest BCUT2D eigenvalue weighted by molar-refractivity contribution is 5.91. The zero-order valence-corrected chi connectivity index (χ0v) is 8.97. The van der Waals surface area contributed by atoms with E-state index in [0.717, 1.165) is 0 Å². The third-order valence-electron chi connectivity index (χ3n) is 2.15. The van der Waals surface area contributed by atoms with Crippen molar-refractivity contribution in [3.8, 4) is 0 Å². The summed E-state index contributed by atoms with van der Waals surface area (Å²) in [5.41, 5.74) is 6.11. The van der Waals surface area contributed by atoms with Crippen molar-refractivity contribution in [2.24, 2.45) is 11.7 Å². The van der Waals surface area contributed by atoms with E-state index in [4.69, 9.17) is 5.73 Å². The van der Waals surface area contributed by atoms with Crippen LogP contribution in [0, 0.1) is 5.92 Å². The van der Waals surface area contributed by atoms with Gasteiger partial charge in [-0.3, -0.25) is 9.78 Å². The van der Waals surface area contributed by atoms with Crippen molar-refractivity contribution in [2.75, 3.05) is 6.54 Å². The van der Waals surface area contributed by atoms with Crippen LogP contribution in [0.4, 0.5) is 0 Å². The SMILES string of the molecule is CC(C)C(N)CNC(=O)c1cnccn1. The maximum Gasteiger partial charge on any atom is 0.271 e. The Labute approximate surface area is 89.1 Å². The van der Waals surface area contributed by atoms with E-state index in [0.29, 0.717) is 18.2 Å². The van der Waals surface area contributed by atoms with Crippen molar-refractivity contribution < 1.29 is 4.79 Å². The van der Waals surface area contributed by atoms with E-state index < -0.39 is 0 Å². The predicted octanol–water partition coefficient (Wildman–Crippen LogP) is 0.190. The Morgan fingerprint density at radius 1 is 1.53 bits per heavy atom. The van der Waals surface area contributed by atoms with Crippen LogP contribution in [-0.2, 0) is 0 Å². The lowest BCUT2D eigenvalue weighted by molar-refractivity contribution is 0.0944. The van der Waals surface area contributed by atoms with Crippen molar-refractivity contribution in [1.29, 1.82) is 0 Å². The lowest BCUT2D eigenvalue weighted by Crippen LogP contribution is -2.40. The van der Waals surface area contributed by atoms with E-state index in [-0.39, 0.29) is 11.9 Å². The number of carbonyl (C=O) groups excluding carboxylic acids is 1. The van der Waals surface area contributed by atoms with Gasteiger partial charge in [0.05, 0.1) is 6.20 Å². The summed E-state index contributed by atoms with van der Waals surface area (Å²) in [7, 11) is 0. The maximum atomic E-state index is 11.5. The summed E-state index contributed by atoms with van der Waals surface area (Å²) in [6, 6.07) is -0.0365. The fourth-order valence-corrected chi connectivity index (χ4v) is 0.953. The standard InChI is InChI=1S/C10H16N4O/c1-7(2)8(11)5-14-10(15)9-6-12-3-4-13-9/h3-4,6-8H,5,11H2,1-2H3,(H,14,15). The number of hydrogen-bond acceptors (Lipinski definition) is 4. The topological polar surface area (TPSA) is 80.9 Å². The highest BCUT2D eigenvalue weighted by Crippen LogP contribution is 1.97. The summed E-state index contributed by atoms with van der Waals surface area (Å²) in [4.78, 5) is 19.2. The number of amides is 1. The molecule has 1 atom stereocenters. The van der Waals surface area contributed by atoms with Crippen LogP contribution in [0.3, 0.4) is 0 Å². The molecule has 1 unspecified atom stereocenters. The molecule has 0 saturated heterocycles. The zero-order valence-electron chi connectivity index (χ0n) is 8.97. The number of rotatable bonds is 4. The molecule has 0 aliphatic carbocycles. The third-order valence-corrected chi connectivity index (χ3v) is 2.15. The summed E-state index contributed by atoms with van der Waals surface area (Å²) < 4.78 is 0. The number of hydrogen-bond donors (Lipinski definition) is 2. The van der Waals surface area contributed by atoms with Crippen molar-refractivity contribution in [2.45, 2.75) is 19.9 Å². The van der Waals surface area contributed by atoms with Gasteiger partial charge in [-0.2, -0.15) is 0 Å². The van der Waals surface area contributed by atoms with E-state index >= 15 is 0 Å². The normalized spacial score (nSPS) is 12.5. The van der Waals surface area contributed by atoms with Crippen molar-refractivity contribution in [1.82, 2.24) is 15.3 Å². The lowest BCUT2D eigenvalue weighted by atomic mass is 10.1. The average Bonchev–Trinajstić information content (AvgIpc) is 2.26. The van der Waals surface area contributed by atoms with Crippen molar-refractivity contribution >= 4 is 5.91 Å². The second-order valence-corrected chi connectivity index (χ2v) is 3.71. The molecule has 0 fully saturated rings. The van der Waals surface area contributed by atoms with Crippen LogP contribution in [0.1, 0.15) is 24.3 Å². The molecule has 0 spiro atoms. The number of nitrogens with two attached hydrogens (primary N) is 1. The van der Waals surface area contributed by atoms with Gasteiger partial charge in [0.2, 0.25) is 0 Å². The zero-order chi connectivity index (χ0) is 11.3. The first kappa shape index (κ1) is 11.6. The average molecular weight is 208 g/mol. The van der Waals surface area contributed by atoms with Gasteiger partial charge in [-0.05, 0) is 5.92 Å². The van der Waals surface area contributed by atoms with Gasteiger partial charge in [0, 0.05) is 25.0 Å². The fraction of sp³-hybridized carbons (Fsp3) is 0.500. The summed E-state index contributed by atoms with van der Waals surface area (Å²) in [6.07, 6.45) is 4.43. The molecule has 1 aromatic rings. The molecular formula is C10H16N4O. The minimum absolute atomic E-state index is 0.0365. The first-order valence-corrected chi connectivity index (χ1v) is 4.91. The van der Waals surface area contributed by atoms with Gasteiger partial charge in [0.15, 0.2) is 0 Å². The van der Waals surface area contributed by atoms with E-state index in [9.17, 15) is 4.79 Å². The molecule has 5 nitrogen and oxygen atoms in total. The second kappa shape index (κ2) is 5.41. The number of aromatic nitrogens is 2. The quantitative estimate of drug-likeness (QED) is 0.740. The summed E-state index contributed by atoms with van der Waals surface area (Å²) in [5, 5.41) is 2.71. The van der Waals surface area contributed by atoms with Crippen molar-refractivity contribution in [3.05, 3.63) is 24.3 Å². The number of nitrogens with zero attached hydrogens (tertiary/aromatic N) is 2. The molecule has 0 radical (unpaired) electrons. The molecule has 0 saturated carbocycles. The third kappa shape index (κ3) is 3.63. The molecule has 0 aromatic carbocycles. The second-order valence-electron chi connectivity index (χ2n) is 3.71. The Hall–Kier alpha value is -1.49. The molecule has 3 N–H and O–H groups in total. The van der Waals surface area contributed by atoms with E-state index in [1.54, 1.807) is 0 Å². The van der Waals surface area contributed by atoms with Gasteiger partial charge in [-0.1, -0.05) is 13.8 Å². The van der Waals surface area contributed by atoms with Crippen molar-refractivity contribution in [3.63, 3.8) is 0 Å². The molecule has 0 aliphatic rings. The van der Waals surface area contributed by atoms with Crippen LogP contribution in [0.5, 0.6) is 0 Å². The first-order chi connectivity index (χ1) is 7.11. The van der Waals surface area contributed by atoms with E-state index in [1.807, 2.05) is 13.8 Å². The minimum atomic E-state index is -0.237. The van der Waals surface area contributed by atoms with Gasteiger partial charge >= 0.3 is 0 Å². The molecule has 5 heteroatoms. The Morgan fingerprint density at radius 3 is 2.80 bits per heavy atom. The predicted molar refractivity (Wildman–Crippen MR) is 57.2 cm³/mol. The molecular weight excluding hydrogens is 192 g/mol. The molecule has 0 bridgehead atoms. The monoisotopic (exact) mass is 208 g/mol. The van der Waals surface area contributed by atoms with Crippen LogP contribution in [0.2, 0.25) is 0 Å². The van der Waals surface area contributed by atoms with Crippen LogP contribution in [-0.4, -0.2) is 28.5 Å². The molecule has 0 aliphatic heterocycles. The van der Waals surface area contributed by atoms with Gasteiger partial charge in [-0.25, -0.2) is 4.98 Å².